The first kappa shape index (κ1) is 18.9. The lowest BCUT2D eigenvalue weighted by Gasteiger charge is -2.31. The summed E-state index contributed by atoms with van der Waals surface area (Å²) >= 11 is 0. The third kappa shape index (κ3) is 4.35. The van der Waals surface area contributed by atoms with Crippen LogP contribution in [0.1, 0.15) is 11.3 Å². The van der Waals surface area contributed by atoms with Crippen LogP contribution in [-0.4, -0.2) is 41.9 Å². The van der Waals surface area contributed by atoms with Crippen LogP contribution in [0.4, 0.5) is 5.88 Å². The van der Waals surface area contributed by atoms with E-state index in [9.17, 15) is 14.9 Å². The van der Waals surface area contributed by atoms with E-state index in [4.69, 9.17) is 4.42 Å². The van der Waals surface area contributed by atoms with Crippen molar-refractivity contribution >= 4 is 28.6 Å². The summed E-state index contributed by atoms with van der Waals surface area (Å²) in [6.45, 7) is 4.07. The number of hydrogen-bond acceptors (Lipinski definition) is 4. The third-order valence-electron chi connectivity index (χ3n) is 5.29. The molecule has 1 aromatic heterocycles. The van der Waals surface area contributed by atoms with Gasteiger partial charge in [-0.1, -0.05) is 42.5 Å². The number of benzene rings is 2. The molecule has 1 aliphatic heterocycles. The first-order valence-corrected chi connectivity index (χ1v) is 9.61. The van der Waals surface area contributed by atoms with Crippen molar-refractivity contribution in [1.29, 1.82) is 0 Å². The van der Waals surface area contributed by atoms with Crippen LogP contribution in [0.25, 0.3) is 16.8 Å². The summed E-state index contributed by atoms with van der Waals surface area (Å²) in [5.41, 5.74) is 1.33. The summed E-state index contributed by atoms with van der Waals surface area (Å²) in [4.78, 5) is 25.7. The molecule has 0 radical (unpaired) electrons. The summed E-state index contributed by atoms with van der Waals surface area (Å²) in [5, 5.41) is 13.2. The maximum Gasteiger partial charge on any atom is 0.433 e. The van der Waals surface area contributed by atoms with E-state index in [0.29, 0.717) is 18.8 Å². The van der Waals surface area contributed by atoms with E-state index >= 15 is 0 Å². The first-order chi connectivity index (χ1) is 14.1. The largest absolute Gasteiger partial charge is 0.433 e. The fourth-order valence-corrected chi connectivity index (χ4v) is 3.72. The number of fused-ring (bicyclic) bond motifs is 1. The van der Waals surface area contributed by atoms with Gasteiger partial charge < -0.3 is 14.2 Å². The minimum atomic E-state index is -0.600. The number of piperazine rings is 1. The van der Waals surface area contributed by atoms with E-state index in [1.165, 1.54) is 45.5 Å². The number of nitrogens with one attached hydrogen (secondary N) is 1. The maximum absolute atomic E-state index is 12.4. The van der Waals surface area contributed by atoms with Crippen molar-refractivity contribution in [2.75, 3.05) is 26.2 Å². The first-order valence-electron chi connectivity index (χ1n) is 9.61. The molecule has 2 heterocycles. The van der Waals surface area contributed by atoms with Crippen molar-refractivity contribution in [1.82, 2.24) is 4.90 Å². The molecule has 29 heavy (non-hydrogen) atoms. The summed E-state index contributed by atoms with van der Waals surface area (Å²) in [7, 11) is 0. The molecule has 1 N–H and O–H groups in total. The molecule has 1 saturated heterocycles. The quantitative estimate of drug-likeness (QED) is 0.410. The highest BCUT2D eigenvalue weighted by Gasteiger charge is 2.23. The molecule has 0 aliphatic carbocycles. The second-order valence-corrected chi connectivity index (χ2v) is 7.16. The molecule has 0 saturated carbocycles. The average molecular weight is 392 g/mol. The van der Waals surface area contributed by atoms with Gasteiger partial charge in [-0.15, -0.1) is 0 Å². The molecule has 1 fully saturated rings. The Hall–Kier alpha value is -3.45. The lowest BCUT2D eigenvalue weighted by molar-refractivity contribution is -0.917. The molecule has 7 heteroatoms. The van der Waals surface area contributed by atoms with Gasteiger partial charge in [-0.05, 0) is 22.9 Å². The van der Waals surface area contributed by atoms with Gasteiger partial charge in [0, 0.05) is 11.6 Å². The zero-order valence-electron chi connectivity index (χ0n) is 15.9. The molecule has 0 bridgehead atoms. The van der Waals surface area contributed by atoms with Crippen LogP contribution >= 0.6 is 0 Å². The van der Waals surface area contributed by atoms with E-state index < -0.39 is 4.92 Å². The normalized spacial score (nSPS) is 15.2. The molecule has 2 aromatic carbocycles. The number of furan rings is 1. The number of nitrogens with zero attached hydrogens (tertiary/aromatic N) is 2. The summed E-state index contributed by atoms with van der Waals surface area (Å²) in [6.07, 6.45) is 2.89. The summed E-state index contributed by atoms with van der Waals surface area (Å²) in [5.74, 6) is -0.138. The highest BCUT2D eigenvalue weighted by molar-refractivity contribution is 5.91. The van der Waals surface area contributed by atoms with Crippen molar-refractivity contribution in [3.05, 3.63) is 82.1 Å². The van der Waals surface area contributed by atoms with Gasteiger partial charge in [0.15, 0.2) is 0 Å². The van der Waals surface area contributed by atoms with E-state index in [0.717, 1.165) is 19.6 Å². The fraction of sp³-hybridized carbons (Fsp3) is 0.227. The number of nitro groups is 1. The number of quaternary nitrogens is 1. The van der Waals surface area contributed by atoms with Crippen LogP contribution in [-0.2, 0) is 11.3 Å². The predicted molar refractivity (Wildman–Crippen MR) is 109 cm³/mol. The number of rotatable bonds is 5. The van der Waals surface area contributed by atoms with Crippen LogP contribution in [0.15, 0.2) is 65.1 Å². The molecule has 4 rings (SSSR count). The minimum absolute atomic E-state index is 0.103. The molecule has 3 aromatic rings. The Morgan fingerprint density at radius 2 is 1.86 bits per heavy atom. The van der Waals surface area contributed by atoms with Crippen molar-refractivity contribution in [2.24, 2.45) is 0 Å². The number of amides is 1. The van der Waals surface area contributed by atoms with E-state index in [-0.39, 0.29) is 11.8 Å². The smallest absolute Gasteiger partial charge is 0.401 e. The average Bonchev–Trinajstić information content (AvgIpc) is 3.22. The van der Waals surface area contributed by atoms with E-state index in [2.05, 4.69) is 42.5 Å². The highest BCUT2D eigenvalue weighted by atomic mass is 16.6. The molecular weight excluding hydrogens is 370 g/mol. The monoisotopic (exact) mass is 392 g/mol. The van der Waals surface area contributed by atoms with Crippen LogP contribution in [0, 0.1) is 10.1 Å². The topological polar surface area (TPSA) is 81.0 Å². The van der Waals surface area contributed by atoms with Crippen LogP contribution in [0.5, 0.6) is 0 Å². The van der Waals surface area contributed by atoms with Crippen molar-refractivity contribution in [2.45, 2.75) is 6.54 Å². The Morgan fingerprint density at radius 3 is 2.62 bits per heavy atom. The standard InChI is InChI=1S/C22H21N3O4/c26-21(10-8-19-9-11-22(29-19)25(27)28)24-14-12-23(13-15-24)16-18-6-3-5-17-4-1-2-7-20(17)18/h1-11H,12-16H2/p+1/b10-8+. The van der Waals surface area contributed by atoms with Gasteiger partial charge >= 0.3 is 5.88 Å². The molecule has 1 aliphatic rings. The second kappa shape index (κ2) is 8.28. The molecule has 0 spiro atoms. The van der Waals surface area contributed by atoms with Gasteiger partial charge in [0.05, 0.1) is 32.2 Å². The van der Waals surface area contributed by atoms with Gasteiger partial charge in [0.1, 0.15) is 17.2 Å². The lowest BCUT2D eigenvalue weighted by atomic mass is 10.0. The Morgan fingerprint density at radius 1 is 1.10 bits per heavy atom. The zero-order chi connectivity index (χ0) is 20.2. The van der Waals surface area contributed by atoms with Gasteiger partial charge in [-0.25, -0.2) is 0 Å². The molecule has 148 valence electrons. The van der Waals surface area contributed by atoms with E-state index in [1.807, 2.05) is 0 Å². The Labute approximate surface area is 168 Å². The van der Waals surface area contributed by atoms with Gasteiger partial charge in [-0.2, -0.15) is 0 Å². The fourth-order valence-electron chi connectivity index (χ4n) is 3.72. The number of carbonyl (C=O) groups is 1. The predicted octanol–water partition coefficient (Wildman–Crippen LogP) is 2.28. The van der Waals surface area contributed by atoms with Gasteiger partial charge in [-0.3, -0.25) is 14.9 Å². The number of hydrogen-bond donors (Lipinski definition) is 1. The lowest BCUT2D eigenvalue weighted by Crippen LogP contribution is -3.13. The highest BCUT2D eigenvalue weighted by Crippen LogP contribution is 2.18. The van der Waals surface area contributed by atoms with Crippen molar-refractivity contribution in [3.8, 4) is 0 Å². The minimum Gasteiger partial charge on any atom is -0.401 e. The zero-order valence-corrected chi connectivity index (χ0v) is 15.9. The van der Waals surface area contributed by atoms with Gasteiger partial charge in [0.2, 0.25) is 5.91 Å². The SMILES string of the molecule is O=C(/C=C/c1ccc([N+](=O)[O-])o1)N1CC[NH+](Cc2cccc3ccccc23)CC1. The Balaban J connectivity index is 1.33. The molecular formula is C22H22N3O4+. The molecule has 0 atom stereocenters. The summed E-state index contributed by atoms with van der Waals surface area (Å²) < 4.78 is 5.04. The second-order valence-electron chi connectivity index (χ2n) is 7.16. The maximum atomic E-state index is 12.4. The third-order valence-corrected chi connectivity index (χ3v) is 5.29. The van der Waals surface area contributed by atoms with Crippen LogP contribution < -0.4 is 4.90 Å². The Kier molecular flexibility index (Phi) is 5.39. The van der Waals surface area contributed by atoms with Crippen molar-refractivity contribution < 1.29 is 19.0 Å². The number of carbonyl (C=O) groups excluding carboxylic acids is 1. The van der Waals surface area contributed by atoms with Gasteiger partial charge in [0.25, 0.3) is 0 Å². The van der Waals surface area contributed by atoms with Crippen LogP contribution in [0.2, 0.25) is 0 Å². The Bertz CT molecular complexity index is 1060. The summed E-state index contributed by atoms with van der Waals surface area (Å²) in [6, 6.07) is 17.6. The van der Waals surface area contributed by atoms with Crippen LogP contribution in [0.3, 0.4) is 0 Å². The van der Waals surface area contributed by atoms with E-state index in [1.54, 1.807) is 4.90 Å². The van der Waals surface area contributed by atoms with Crippen molar-refractivity contribution in [3.63, 3.8) is 0 Å². The molecule has 1 amide bonds. The molecule has 0 unspecified atom stereocenters. The molecule has 7 nitrogen and oxygen atoms in total.